The van der Waals surface area contributed by atoms with Gasteiger partial charge in [-0.1, -0.05) is 95.0 Å². The van der Waals surface area contributed by atoms with E-state index in [1.807, 2.05) is 55.2 Å². The summed E-state index contributed by atoms with van der Waals surface area (Å²) in [6.07, 6.45) is 23.3. The van der Waals surface area contributed by atoms with Gasteiger partial charge in [-0.3, -0.25) is 23.2 Å². The van der Waals surface area contributed by atoms with Crippen LogP contribution in [0, 0.1) is 0 Å². The highest BCUT2D eigenvalue weighted by atomic mass is 32.2. The molecule has 2 aromatic carbocycles. The number of rotatable bonds is 36. The molecule has 8 N–H and O–H groups in total. The molecule has 21 nitrogen and oxygen atoms in total. The maximum absolute atomic E-state index is 12.9. The SMILES string of the molecule is CCCC[N+]1=C(/C=C/C=C/C=C/C=C2/N(CCCCS(=O)(=O)O)c3ccc(S(=O)(=O)O)cc3C2(C)C)C(C)(CCCCCC(=O)NCCCNc2nc(NCCCCCC(=O)O)nc(NCCCS(=O)(=O)O)n2)c2ccccc21. The first kappa shape index (κ1) is 63.8. The number of allylic oxidation sites excluding steroid dienone is 8. The Hall–Kier alpha value is -6.05. The Labute approximate surface area is 466 Å². The van der Waals surface area contributed by atoms with Crippen molar-refractivity contribution >= 4 is 77.2 Å². The summed E-state index contributed by atoms with van der Waals surface area (Å²) < 4.78 is 99.8. The van der Waals surface area contributed by atoms with Crippen molar-refractivity contribution in [3.63, 3.8) is 0 Å². The summed E-state index contributed by atoms with van der Waals surface area (Å²) in [5.74, 6) is -0.885. The highest BCUT2D eigenvalue weighted by Crippen LogP contribution is 2.49. The van der Waals surface area contributed by atoms with E-state index in [1.54, 1.807) is 6.07 Å². The first-order valence-electron chi connectivity index (χ1n) is 27.2. The van der Waals surface area contributed by atoms with E-state index in [4.69, 9.17) is 9.66 Å². The van der Waals surface area contributed by atoms with Gasteiger partial charge in [0.1, 0.15) is 6.54 Å². The monoisotopic (exact) mass is 1150 g/mol. The van der Waals surface area contributed by atoms with Gasteiger partial charge in [-0.15, -0.1) is 0 Å². The van der Waals surface area contributed by atoms with Crippen molar-refractivity contribution in [2.24, 2.45) is 0 Å². The molecule has 1 atom stereocenters. The molecule has 2 aliphatic rings. The van der Waals surface area contributed by atoms with Crippen LogP contribution in [0.3, 0.4) is 0 Å². The van der Waals surface area contributed by atoms with Crippen molar-refractivity contribution < 1.29 is 58.2 Å². The molecule has 0 spiro atoms. The van der Waals surface area contributed by atoms with E-state index in [9.17, 15) is 43.9 Å². The van der Waals surface area contributed by atoms with Gasteiger partial charge in [0.15, 0.2) is 5.71 Å². The number of nitrogens with zero attached hydrogens (tertiary/aromatic N) is 5. The maximum atomic E-state index is 12.9. The van der Waals surface area contributed by atoms with Gasteiger partial charge < -0.3 is 31.3 Å². The number of benzene rings is 2. The van der Waals surface area contributed by atoms with Crippen LogP contribution in [0.2, 0.25) is 0 Å². The Balaban J connectivity index is 1.15. The second-order valence-electron chi connectivity index (χ2n) is 20.5. The van der Waals surface area contributed by atoms with Crippen LogP contribution < -0.4 is 26.2 Å². The van der Waals surface area contributed by atoms with Gasteiger partial charge in [-0.25, -0.2) is 0 Å². The molecule has 434 valence electrons. The molecule has 1 aromatic heterocycles. The number of hydrogen-bond donors (Lipinski definition) is 8. The molecule has 3 heterocycles. The van der Waals surface area contributed by atoms with Crippen molar-refractivity contribution in [1.82, 2.24) is 20.3 Å². The topological polar surface area (TPSA) is 311 Å². The number of carboxylic acids is 1. The van der Waals surface area contributed by atoms with E-state index >= 15 is 0 Å². The van der Waals surface area contributed by atoms with Gasteiger partial charge in [0.2, 0.25) is 29.4 Å². The molecule has 0 bridgehead atoms. The molecule has 0 radical (unpaired) electrons. The molecule has 24 heteroatoms. The molecule has 1 unspecified atom stereocenters. The van der Waals surface area contributed by atoms with Crippen molar-refractivity contribution in [2.45, 2.75) is 140 Å². The van der Waals surface area contributed by atoms with Gasteiger partial charge in [-0.2, -0.15) is 44.8 Å². The number of carbonyl (C=O) groups excluding carboxylic acids is 1. The fourth-order valence-corrected chi connectivity index (χ4v) is 11.4. The normalized spacial score (nSPS) is 16.8. The number of carboxylic acid groups (broad SMARTS) is 1. The summed E-state index contributed by atoms with van der Waals surface area (Å²) in [6, 6.07) is 13.0. The van der Waals surface area contributed by atoms with E-state index in [-0.39, 0.29) is 65.6 Å². The third-order valence-corrected chi connectivity index (χ3v) is 16.4. The van der Waals surface area contributed by atoms with E-state index in [1.165, 1.54) is 29.1 Å². The van der Waals surface area contributed by atoms with Crippen LogP contribution in [0.15, 0.2) is 95.6 Å². The number of carbonyl (C=O) groups is 2. The number of para-hydroxylation sites is 1. The van der Waals surface area contributed by atoms with Crippen LogP contribution in [0.1, 0.15) is 135 Å². The van der Waals surface area contributed by atoms with E-state index < -0.39 is 47.5 Å². The summed E-state index contributed by atoms with van der Waals surface area (Å²) in [5.41, 5.74) is 5.07. The number of anilines is 4. The Kier molecular flexibility index (Phi) is 24.2. The first-order chi connectivity index (χ1) is 37.4. The number of unbranched alkanes of at least 4 members (excludes halogenated alkanes) is 6. The second kappa shape index (κ2) is 30.0. The minimum absolute atomic E-state index is 0.0285. The minimum atomic E-state index is -4.45. The second-order valence-corrected chi connectivity index (χ2v) is 25.1. The van der Waals surface area contributed by atoms with Crippen LogP contribution in [-0.4, -0.2) is 132 Å². The molecule has 0 fully saturated rings. The lowest BCUT2D eigenvalue weighted by molar-refractivity contribution is -0.438. The lowest BCUT2D eigenvalue weighted by Crippen LogP contribution is -2.31. The average molecular weight is 1160 g/mol. The standard InChI is InChI=1S/C55H79N9O12S3/c1-5-6-37-64-45-25-17-16-24-43(45)55(4,48(64)27-13-9-7-8-12-26-47-54(2,3)44-41-42(79(74,75)76)30-31-46(44)63(47)38-20-21-39-77(68,69)70)32-18-10-14-28-49(65)56-34-22-35-58-52-60-51(57-33-19-11-15-29-50(66)67)61-53(62-52)59-36-23-40-78(71,72)73/h7-9,12-13,16-17,24-27,30-31,41H,5-6,10-11,14-15,18-23,28-29,32-40H2,1-4H3,(H7-,56,57,58,59,60,61,62,65,66,67,68,69,70,71,72,73,74,75,76)/p+1. The fourth-order valence-electron chi connectivity index (χ4n) is 9.82. The molecular weight excluding hydrogens is 1070 g/mol. The Bertz CT molecular complexity index is 3070. The van der Waals surface area contributed by atoms with Crippen LogP contribution >= 0.6 is 0 Å². The van der Waals surface area contributed by atoms with Gasteiger partial charge in [0.25, 0.3) is 30.4 Å². The van der Waals surface area contributed by atoms with Crippen LogP contribution in [0.4, 0.5) is 29.2 Å². The Morgan fingerprint density at radius 1 is 0.658 bits per heavy atom. The quantitative estimate of drug-likeness (QED) is 0.0117. The van der Waals surface area contributed by atoms with Gasteiger partial charge in [0.05, 0.1) is 21.8 Å². The number of nitrogens with one attached hydrogen (secondary N) is 4. The van der Waals surface area contributed by atoms with Gasteiger partial charge >= 0.3 is 5.97 Å². The molecule has 0 saturated heterocycles. The number of hydrogen-bond acceptors (Lipinski definition) is 15. The molecule has 1 amide bonds. The van der Waals surface area contributed by atoms with Gasteiger partial charge in [-0.05, 0) is 88.1 Å². The molecular formula is C55H80N9O12S3+. The molecule has 0 aliphatic carbocycles. The third-order valence-electron chi connectivity index (χ3n) is 13.9. The molecule has 5 rings (SSSR count). The van der Waals surface area contributed by atoms with E-state index in [0.717, 1.165) is 56.5 Å². The number of amides is 1. The number of aliphatic carboxylic acids is 1. The first-order valence-corrected chi connectivity index (χ1v) is 31.8. The summed E-state index contributed by atoms with van der Waals surface area (Å²) in [5, 5.41) is 21.1. The zero-order valence-corrected chi connectivity index (χ0v) is 48.3. The Morgan fingerprint density at radius 3 is 1.92 bits per heavy atom. The highest BCUT2D eigenvalue weighted by Gasteiger charge is 2.47. The zero-order chi connectivity index (χ0) is 57.7. The third kappa shape index (κ3) is 20.2. The summed E-state index contributed by atoms with van der Waals surface area (Å²) >= 11 is 0. The number of aromatic nitrogens is 3. The van der Waals surface area contributed by atoms with E-state index in [0.29, 0.717) is 70.3 Å². The van der Waals surface area contributed by atoms with Gasteiger partial charge in [0, 0.05) is 86.5 Å². The molecule has 0 saturated carbocycles. The maximum Gasteiger partial charge on any atom is 0.303 e. The predicted octanol–water partition coefficient (Wildman–Crippen LogP) is 8.61. The van der Waals surface area contributed by atoms with Crippen LogP contribution in [0.5, 0.6) is 0 Å². The van der Waals surface area contributed by atoms with E-state index in [2.05, 4.69) is 85.0 Å². The molecule has 3 aromatic rings. The van der Waals surface area contributed by atoms with Crippen molar-refractivity contribution in [2.75, 3.05) is 71.6 Å². The van der Waals surface area contributed by atoms with Crippen molar-refractivity contribution in [3.8, 4) is 0 Å². The number of fused-ring (bicyclic) bond motifs is 2. The molecule has 79 heavy (non-hydrogen) atoms. The lowest BCUT2D eigenvalue weighted by atomic mass is 9.75. The van der Waals surface area contributed by atoms with Crippen LogP contribution in [-0.2, 0) is 50.8 Å². The van der Waals surface area contributed by atoms with Crippen LogP contribution in [0.25, 0.3) is 0 Å². The zero-order valence-electron chi connectivity index (χ0n) is 45.9. The highest BCUT2D eigenvalue weighted by molar-refractivity contribution is 7.86. The van der Waals surface area contributed by atoms with Crippen molar-refractivity contribution in [3.05, 3.63) is 102 Å². The smallest absolute Gasteiger partial charge is 0.303 e. The summed E-state index contributed by atoms with van der Waals surface area (Å²) in [6.45, 7) is 11.3. The minimum Gasteiger partial charge on any atom is -0.481 e. The summed E-state index contributed by atoms with van der Waals surface area (Å²) in [4.78, 5) is 38.7. The average Bonchev–Trinajstić information content (AvgIpc) is 3.79. The fraction of sp³-hybridized carbons (Fsp3) is 0.527. The molecule has 2 aliphatic heterocycles. The lowest BCUT2D eigenvalue weighted by Gasteiger charge is -2.27. The largest absolute Gasteiger partial charge is 0.481 e. The Morgan fingerprint density at radius 2 is 1.27 bits per heavy atom. The predicted molar refractivity (Wildman–Crippen MR) is 309 cm³/mol. The summed E-state index contributed by atoms with van der Waals surface area (Å²) in [7, 11) is -12.7. The van der Waals surface area contributed by atoms with Crippen molar-refractivity contribution in [1.29, 1.82) is 0 Å².